The highest BCUT2D eigenvalue weighted by atomic mass is 16.3. The maximum absolute atomic E-state index is 11.4. The van der Waals surface area contributed by atoms with Gasteiger partial charge in [0.2, 0.25) is 0 Å². The summed E-state index contributed by atoms with van der Waals surface area (Å²) in [5.74, 6) is 4.04. The van der Waals surface area contributed by atoms with Crippen molar-refractivity contribution in [2.24, 2.45) is 52.3 Å². The largest absolute Gasteiger partial charge is 0.392 e. The first-order chi connectivity index (χ1) is 15.5. The van der Waals surface area contributed by atoms with Crippen LogP contribution >= 0.6 is 0 Å². The van der Waals surface area contributed by atoms with Gasteiger partial charge in [0.1, 0.15) is 0 Å². The normalized spacial score (nSPS) is 50.0. The van der Waals surface area contributed by atoms with Crippen LogP contribution in [0.2, 0.25) is 0 Å². The number of hydrogen-bond acceptors (Lipinski definition) is 3. The number of aliphatic hydroxyl groups excluding tert-OH is 2. The second-order valence-corrected chi connectivity index (χ2v) is 14.9. The van der Waals surface area contributed by atoms with Gasteiger partial charge in [0, 0.05) is 18.0 Å². The molecule has 10 atom stereocenters. The smallest absolute Gasteiger partial charge is 0.0625 e. The molecule has 1 aliphatic heterocycles. The van der Waals surface area contributed by atoms with E-state index < -0.39 is 0 Å². The molecule has 0 spiro atoms. The van der Waals surface area contributed by atoms with Gasteiger partial charge in [-0.3, -0.25) is 4.90 Å². The molecule has 0 radical (unpaired) electrons. The molecule has 190 valence electrons. The maximum atomic E-state index is 11.4. The molecular weight excluding hydrogens is 406 g/mol. The van der Waals surface area contributed by atoms with Crippen molar-refractivity contribution in [3.8, 4) is 0 Å². The lowest BCUT2D eigenvalue weighted by Crippen LogP contribution is -2.39. The second kappa shape index (κ2) is 8.77. The Morgan fingerprint density at radius 1 is 0.818 bits per heavy atom. The quantitative estimate of drug-likeness (QED) is 0.534. The van der Waals surface area contributed by atoms with Crippen LogP contribution in [0.4, 0.5) is 0 Å². The van der Waals surface area contributed by atoms with Gasteiger partial charge in [0.05, 0.1) is 12.2 Å². The van der Waals surface area contributed by atoms with Gasteiger partial charge >= 0.3 is 0 Å². The van der Waals surface area contributed by atoms with Crippen molar-refractivity contribution in [2.75, 3.05) is 7.05 Å². The fraction of sp³-hybridized carbons (Fsp3) is 1.00. The fourth-order valence-corrected chi connectivity index (χ4v) is 10.1. The van der Waals surface area contributed by atoms with Gasteiger partial charge < -0.3 is 10.2 Å². The Labute approximate surface area is 204 Å². The molecule has 5 fully saturated rings. The number of hydrogen-bond donors (Lipinski definition) is 2. The molecule has 2 N–H and O–H groups in total. The molecule has 1 saturated heterocycles. The number of nitrogens with zero attached hydrogens (tertiary/aromatic N) is 1. The molecule has 0 bridgehead atoms. The van der Waals surface area contributed by atoms with Crippen molar-refractivity contribution in [1.29, 1.82) is 0 Å². The van der Waals surface area contributed by atoms with E-state index in [9.17, 15) is 10.2 Å². The minimum atomic E-state index is -0.282. The first kappa shape index (κ1) is 24.6. The van der Waals surface area contributed by atoms with Gasteiger partial charge in [-0.05, 0) is 98.3 Å². The van der Waals surface area contributed by atoms with Crippen LogP contribution in [0.5, 0.6) is 0 Å². The summed E-state index contributed by atoms with van der Waals surface area (Å²) in [5.41, 5.74) is 0.711. The zero-order valence-corrected chi connectivity index (χ0v) is 22.5. The van der Waals surface area contributed by atoms with Gasteiger partial charge in [-0.2, -0.15) is 0 Å². The Hall–Kier alpha value is -0.120. The first-order valence-electron chi connectivity index (χ1n) is 14.6. The van der Waals surface area contributed by atoms with E-state index in [0.29, 0.717) is 34.7 Å². The van der Waals surface area contributed by atoms with E-state index in [2.05, 4.69) is 46.6 Å². The Bertz CT molecular complexity index is 672. The van der Waals surface area contributed by atoms with Gasteiger partial charge in [0.25, 0.3) is 0 Å². The first-order valence-corrected chi connectivity index (χ1v) is 14.6. The summed E-state index contributed by atoms with van der Waals surface area (Å²) in [6.07, 6.45) is 13.5. The van der Waals surface area contributed by atoms with E-state index in [1.165, 1.54) is 57.8 Å². The van der Waals surface area contributed by atoms with Gasteiger partial charge in [-0.15, -0.1) is 0 Å². The van der Waals surface area contributed by atoms with E-state index in [1.54, 1.807) is 0 Å². The van der Waals surface area contributed by atoms with Crippen LogP contribution < -0.4 is 0 Å². The van der Waals surface area contributed by atoms with E-state index in [-0.39, 0.29) is 18.1 Å². The van der Waals surface area contributed by atoms with Gasteiger partial charge in [-0.25, -0.2) is 0 Å². The molecule has 3 heteroatoms. The molecule has 9 unspecified atom stereocenters. The van der Waals surface area contributed by atoms with Crippen molar-refractivity contribution in [3.63, 3.8) is 0 Å². The van der Waals surface area contributed by atoms with Crippen LogP contribution in [0.1, 0.15) is 105 Å². The highest BCUT2D eigenvalue weighted by Crippen LogP contribution is 2.57. The molecule has 1 heterocycles. The average Bonchev–Trinajstić information content (AvgIpc) is 3.11. The van der Waals surface area contributed by atoms with Gasteiger partial charge in [0.15, 0.2) is 0 Å². The molecule has 5 aliphatic rings. The summed E-state index contributed by atoms with van der Waals surface area (Å²) >= 11 is 0. The van der Waals surface area contributed by atoms with Crippen LogP contribution in [0, 0.1) is 52.3 Å². The highest BCUT2D eigenvalue weighted by molar-refractivity contribution is 5.08. The molecule has 4 saturated carbocycles. The third-order valence-corrected chi connectivity index (χ3v) is 12.2. The summed E-state index contributed by atoms with van der Waals surface area (Å²) < 4.78 is 0. The third kappa shape index (κ3) is 4.14. The minimum Gasteiger partial charge on any atom is -0.392 e. The van der Waals surface area contributed by atoms with Crippen LogP contribution in [-0.4, -0.2) is 46.5 Å². The van der Waals surface area contributed by atoms with Crippen molar-refractivity contribution >= 4 is 0 Å². The summed E-state index contributed by atoms with van der Waals surface area (Å²) in [6.45, 7) is 12.3. The Morgan fingerprint density at radius 3 is 1.94 bits per heavy atom. The van der Waals surface area contributed by atoms with Gasteiger partial charge in [-0.1, -0.05) is 60.3 Å². The third-order valence-electron chi connectivity index (χ3n) is 12.2. The summed E-state index contributed by atoms with van der Waals surface area (Å²) in [5, 5.41) is 22.7. The zero-order chi connectivity index (χ0) is 23.7. The summed E-state index contributed by atoms with van der Waals surface area (Å²) in [6, 6.07) is 1.28. The van der Waals surface area contributed by atoms with E-state index in [0.717, 1.165) is 36.5 Å². The molecule has 0 aromatic rings. The second-order valence-electron chi connectivity index (χ2n) is 14.9. The standard InChI is InChI=1S/C30H53NO2/c1-29(2,3)20-11-13-25-24(17-20)30(4,5)26(31(25)6)14-12-21-27(32)22-15-18-9-7-8-10-19(18)16-23(22)28(21)33/h18-28,32-33H,7-17H2,1-6H3/t18?,19?,20?,21?,22?,23?,24-,25?,26?,27?,28?/m1/s1. The van der Waals surface area contributed by atoms with Crippen LogP contribution in [-0.2, 0) is 0 Å². The molecule has 5 rings (SSSR count). The highest BCUT2D eigenvalue weighted by Gasteiger charge is 2.57. The molecule has 33 heavy (non-hydrogen) atoms. The van der Waals surface area contributed by atoms with E-state index >= 15 is 0 Å². The molecule has 3 nitrogen and oxygen atoms in total. The van der Waals surface area contributed by atoms with Crippen LogP contribution in [0.3, 0.4) is 0 Å². The lowest BCUT2D eigenvalue weighted by molar-refractivity contribution is 0.0143. The van der Waals surface area contributed by atoms with E-state index in [4.69, 9.17) is 0 Å². The number of aliphatic hydroxyl groups is 2. The summed E-state index contributed by atoms with van der Waals surface area (Å²) in [7, 11) is 2.38. The molecule has 4 aliphatic carbocycles. The Balaban J connectivity index is 1.25. The molecule has 0 aromatic carbocycles. The number of likely N-dealkylation sites (tertiary alicyclic amines) is 1. The Kier molecular flexibility index (Phi) is 6.53. The lowest BCUT2D eigenvalue weighted by Gasteiger charge is -2.43. The van der Waals surface area contributed by atoms with Crippen LogP contribution in [0.25, 0.3) is 0 Å². The predicted octanol–water partition coefficient (Wildman–Crippen LogP) is 6.12. The maximum Gasteiger partial charge on any atom is 0.0625 e. The molecular formula is C30H53NO2. The van der Waals surface area contributed by atoms with Crippen molar-refractivity contribution in [2.45, 2.75) is 130 Å². The Morgan fingerprint density at radius 2 is 1.39 bits per heavy atom. The predicted molar refractivity (Wildman–Crippen MR) is 136 cm³/mol. The topological polar surface area (TPSA) is 43.7 Å². The van der Waals surface area contributed by atoms with Crippen molar-refractivity contribution < 1.29 is 10.2 Å². The zero-order valence-electron chi connectivity index (χ0n) is 22.5. The lowest BCUT2D eigenvalue weighted by atomic mass is 9.61. The molecule has 0 amide bonds. The van der Waals surface area contributed by atoms with E-state index in [1.807, 2.05) is 0 Å². The monoisotopic (exact) mass is 459 g/mol. The van der Waals surface area contributed by atoms with Crippen molar-refractivity contribution in [1.82, 2.24) is 4.90 Å². The summed E-state index contributed by atoms with van der Waals surface area (Å²) in [4.78, 5) is 2.72. The number of rotatable bonds is 3. The molecule has 0 aromatic heterocycles. The minimum absolute atomic E-state index is 0.0919. The number of fused-ring (bicyclic) bond motifs is 3. The average molecular weight is 460 g/mol. The van der Waals surface area contributed by atoms with Crippen LogP contribution in [0.15, 0.2) is 0 Å². The SMILES string of the molecule is CN1C2CCC(C(C)(C)C)C[C@H]2C(C)(C)C1CCC1C(O)C2CC3CCCCC3CC2C1O. The fourth-order valence-electron chi connectivity index (χ4n) is 10.1. The van der Waals surface area contributed by atoms with Crippen molar-refractivity contribution in [3.05, 3.63) is 0 Å².